The monoisotopic (exact) mass is 387 g/mol. The van der Waals surface area contributed by atoms with E-state index < -0.39 is 24.0 Å². The molecule has 156 valence electrons. The Morgan fingerprint density at radius 3 is 2.00 bits per heavy atom. The number of carbonyl (C=O) groups excluding carboxylic acids is 1. The molecule has 0 saturated heterocycles. The molecule has 4 N–H and O–H groups in total. The summed E-state index contributed by atoms with van der Waals surface area (Å²) in [4.78, 5) is 35.6. The molecule has 1 amide bonds. The second kappa shape index (κ2) is 13.3. The van der Waals surface area contributed by atoms with Crippen LogP contribution in [0.5, 0.6) is 0 Å². The summed E-state index contributed by atoms with van der Waals surface area (Å²) in [6.45, 7) is 6.98. The van der Waals surface area contributed by atoms with Crippen LogP contribution in [0.25, 0.3) is 0 Å². The average Bonchev–Trinajstić information content (AvgIpc) is 2.59. The quantitative estimate of drug-likeness (QED) is 0.180. The first-order valence-electron chi connectivity index (χ1n) is 9.61. The largest absolute Gasteiger partial charge is 0.477 e. The van der Waals surface area contributed by atoms with Gasteiger partial charge in [0.2, 0.25) is 5.91 Å². The van der Waals surface area contributed by atoms with Gasteiger partial charge in [0, 0.05) is 19.3 Å². The predicted molar refractivity (Wildman–Crippen MR) is 102 cm³/mol. The normalized spacial score (nSPS) is 15.4. The van der Waals surface area contributed by atoms with Gasteiger partial charge in [0.1, 0.15) is 6.54 Å². The fraction of sp³-hybridized carbons (Fsp3) is 0.737. The zero-order valence-corrected chi connectivity index (χ0v) is 16.5. The van der Waals surface area contributed by atoms with Gasteiger partial charge in [-0.3, -0.25) is 9.28 Å². The molecule has 8 nitrogen and oxygen atoms in total. The molecule has 0 aliphatic rings. The van der Waals surface area contributed by atoms with Crippen LogP contribution in [0.3, 0.4) is 0 Å². The zero-order valence-electron chi connectivity index (χ0n) is 16.5. The second-order valence-corrected chi connectivity index (χ2v) is 6.68. The fourth-order valence-electron chi connectivity index (χ4n) is 3.72. The van der Waals surface area contributed by atoms with E-state index in [0.29, 0.717) is 6.42 Å². The molecule has 0 saturated carbocycles. The number of hydrogen-bond acceptors (Lipinski definition) is 4. The van der Waals surface area contributed by atoms with E-state index in [-0.39, 0.29) is 49.5 Å². The van der Waals surface area contributed by atoms with Gasteiger partial charge in [-0.1, -0.05) is 19.9 Å². The van der Waals surface area contributed by atoms with Gasteiger partial charge in [-0.2, -0.15) is 0 Å². The second-order valence-electron chi connectivity index (χ2n) is 6.68. The van der Waals surface area contributed by atoms with Crippen LogP contribution in [0.15, 0.2) is 12.7 Å². The number of carboxylic acids is 2. The summed E-state index contributed by atoms with van der Waals surface area (Å²) in [5.74, 6) is -2.34. The Labute approximate surface area is 161 Å². The highest BCUT2D eigenvalue weighted by Crippen LogP contribution is 2.25. The molecule has 0 aromatic heterocycles. The molecule has 0 aromatic rings. The molecular weight excluding hydrogens is 352 g/mol. The van der Waals surface area contributed by atoms with Crippen molar-refractivity contribution in [2.75, 3.05) is 26.2 Å². The van der Waals surface area contributed by atoms with Crippen molar-refractivity contribution in [1.29, 1.82) is 0 Å². The minimum absolute atomic E-state index is 0.00478. The highest BCUT2D eigenvalue weighted by Gasteiger charge is 2.48. The molecule has 27 heavy (non-hydrogen) atoms. The minimum atomic E-state index is -1.10. The summed E-state index contributed by atoms with van der Waals surface area (Å²) < 4.78 is -0.287. The molecule has 8 heteroatoms. The van der Waals surface area contributed by atoms with E-state index in [1.54, 1.807) is 19.9 Å². The van der Waals surface area contributed by atoms with Gasteiger partial charge in [-0.15, -0.1) is 6.58 Å². The third-order valence-corrected chi connectivity index (χ3v) is 5.01. The number of nitrogens with zero attached hydrogens (tertiary/aromatic N) is 1. The van der Waals surface area contributed by atoms with E-state index >= 15 is 0 Å². The Balaban J connectivity index is 5.28. The highest BCUT2D eigenvalue weighted by atomic mass is 16.4. The molecule has 0 heterocycles. The van der Waals surface area contributed by atoms with E-state index in [1.807, 2.05) is 0 Å². The lowest BCUT2D eigenvalue weighted by atomic mass is 10.0. The first-order chi connectivity index (χ1) is 12.8. The molecule has 0 radical (unpaired) electrons. The van der Waals surface area contributed by atoms with Crippen LogP contribution in [0, 0.1) is 0 Å². The predicted octanol–water partition coefficient (Wildman–Crippen LogP) is 1.38. The van der Waals surface area contributed by atoms with Crippen molar-refractivity contribution in [1.82, 2.24) is 5.32 Å². The lowest BCUT2D eigenvalue weighted by Crippen LogP contribution is -2.68. The van der Waals surface area contributed by atoms with Crippen LogP contribution in [0.4, 0.5) is 0 Å². The Kier molecular flexibility index (Phi) is 12.3. The van der Waals surface area contributed by atoms with E-state index in [4.69, 9.17) is 0 Å². The van der Waals surface area contributed by atoms with Gasteiger partial charge in [0.15, 0.2) is 12.1 Å². The van der Waals surface area contributed by atoms with Crippen LogP contribution in [0.1, 0.15) is 52.4 Å². The number of hydrogen-bond donors (Lipinski definition) is 4. The maximum Gasteiger partial charge on any atom is 0.362 e. The summed E-state index contributed by atoms with van der Waals surface area (Å²) in [5.41, 5.74) is 0. The maximum atomic E-state index is 12.0. The Hall–Kier alpha value is -1.93. The number of quaternary nitrogens is 1. The number of amides is 1. The van der Waals surface area contributed by atoms with Crippen molar-refractivity contribution >= 4 is 17.8 Å². The average molecular weight is 387 g/mol. The molecule has 0 spiro atoms. The van der Waals surface area contributed by atoms with Crippen LogP contribution in [-0.4, -0.2) is 76.0 Å². The zero-order chi connectivity index (χ0) is 20.9. The van der Waals surface area contributed by atoms with Crippen molar-refractivity contribution in [3.63, 3.8) is 0 Å². The highest BCUT2D eigenvalue weighted by molar-refractivity contribution is 5.76. The fourth-order valence-corrected chi connectivity index (χ4v) is 3.72. The Bertz CT molecular complexity index is 473. The number of allylic oxidation sites excluding steroid dienone is 1. The van der Waals surface area contributed by atoms with E-state index in [1.165, 1.54) is 0 Å². The number of aliphatic hydroxyl groups excluding tert-OH is 1. The van der Waals surface area contributed by atoms with E-state index in [2.05, 4.69) is 11.9 Å². The van der Waals surface area contributed by atoms with Crippen molar-refractivity contribution in [2.24, 2.45) is 0 Å². The van der Waals surface area contributed by atoms with Crippen molar-refractivity contribution in [2.45, 2.75) is 64.5 Å². The summed E-state index contributed by atoms with van der Waals surface area (Å²) in [6.07, 6.45) is 5.07. The SMILES string of the molecule is C=CCCCCC(=O)NCC[N+](CCO)(C(CC)C(=O)O)C(CC)C(=O)O. The van der Waals surface area contributed by atoms with Crippen molar-refractivity contribution < 1.29 is 34.2 Å². The summed E-state index contributed by atoms with van der Waals surface area (Å²) in [6, 6.07) is -1.94. The third-order valence-electron chi connectivity index (χ3n) is 5.01. The minimum Gasteiger partial charge on any atom is -0.477 e. The summed E-state index contributed by atoms with van der Waals surface area (Å²) in [5, 5.41) is 31.6. The molecule has 0 aromatic carbocycles. The molecule has 2 unspecified atom stereocenters. The van der Waals surface area contributed by atoms with Gasteiger partial charge < -0.3 is 20.6 Å². The molecule has 0 aliphatic carbocycles. The molecule has 0 fully saturated rings. The number of rotatable bonds is 16. The first-order valence-corrected chi connectivity index (χ1v) is 9.61. The molecule has 0 aliphatic heterocycles. The van der Waals surface area contributed by atoms with Gasteiger partial charge in [-0.25, -0.2) is 9.59 Å². The lowest BCUT2D eigenvalue weighted by Gasteiger charge is -2.46. The molecule has 2 atom stereocenters. The molecule has 0 rings (SSSR count). The van der Waals surface area contributed by atoms with Crippen LogP contribution in [0.2, 0.25) is 0 Å². The van der Waals surface area contributed by atoms with E-state index in [9.17, 15) is 29.7 Å². The topological polar surface area (TPSA) is 124 Å². The standard InChI is InChI=1S/C19H34N2O6/c1-4-7-8-9-10-17(23)20-11-12-21(13-14-22,15(5-2)18(24)25)16(6-3)19(26)27/h4,15-16,22H,1,5-14H2,2-3H3,(H2-,20,23,24,25,26,27)/p+1. The number of unbranched alkanes of at least 4 members (excludes halogenated alkanes) is 2. The van der Waals surface area contributed by atoms with Crippen LogP contribution >= 0.6 is 0 Å². The van der Waals surface area contributed by atoms with Crippen LogP contribution < -0.4 is 5.32 Å². The summed E-state index contributed by atoms with van der Waals surface area (Å²) in [7, 11) is 0. The van der Waals surface area contributed by atoms with Gasteiger partial charge >= 0.3 is 11.9 Å². The number of aliphatic carboxylic acids is 2. The Morgan fingerprint density at radius 1 is 1.04 bits per heavy atom. The van der Waals surface area contributed by atoms with Gasteiger partial charge in [-0.05, 0) is 19.3 Å². The smallest absolute Gasteiger partial charge is 0.362 e. The number of carboxylic acid groups (broad SMARTS) is 2. The lowest BCUT2D eigenvalue weighted by molar-refractivity contribution is -0.957. The number of aliphatic hydroxyl groups is 1. The van der Waals surface area contributed by atoms with Crippen molar-refractivity contribution in [3.8, 4) is 0 Å². The van der Waals surface area contributed by atoms with Crippen molar-refractivity contribution in [3.05, 3.63) is 12.7 Å². The maximum absolute atomic E-state index is 12.0. The first kappa shape index (κ1) is 25.1. The number of carbonyl (C=O) groups is 3. The summed E-state index contributed by atoms with van der Waals surface area (Å²) >= 11 is 0. The van der Waals surface area contributed by atoms with Gasteiger partial charge in [0.25, 0.3) is 0 Å². The third kappa shape index (κ3) is 7.68. The van der Waals surface area contributed by atoms with E-state index in [0.717, 1.165) is 19.3 Å². The van der Waals surface area contributed by atoms with Crippen LogP contribution in [-0.2, 0) is 14.4 Å². The van der Waals surface area contributed by atoms with Gasteiger partial charge in [0.05, 0.1) is 19.7 Å². The Morgan fingerprint density at radius 2 is 1.59 bits per heavy atom. The number of nitrogens with one attached hydrogen (secondary N) is 1. The molecular formula is C19H35N2O6+. The molecule has 0 bridgehead atoms.